The van der Waals surface area contributed by atoms with Crippen LogP contribution in [0.15, 0.2) is 0 Å². The number of halogens is 2. The fraction of sp³-hybridized carbons (Fsp3) is 0.667. The Morgan fingerprint density at radius 3 is 1.67 bits per heavy atom. The maximum Gasteiger partial charge on any atom is 0.308 e. The highest BCUT2D eigenvalue weighted by Gasteiger charge is 2.70. The van der Waals surface area contributed by atoms with Gasteiger partial charge in [0.05, 0.1) is 16.2 Å². The minimum Gasteiger partial charge on any atom is -0.481 e. The van der Waals surface area contributed by atoms with Crippen molar-refractivity contribution in [2.45, 2.75) is 4.32 Å². The van der Waals surface area contributed by atoms with Gasteiger partial charge in [0.1, 0.15) is 0 Å². The fourth-order valence-electron chi connectivity index (χ4n) is 1.27. The Bertz CT molecular complexity index is 220. The molecule has 68 valence electrons. The van der Waals surface area contributed by atoms with E-state index in [9.17, 15) is 9.59 Å². The Balaban J connectivity index is 2.81. The molecule has 0 spiro atoms. The van der Waals surface area contributed by atoms with Crippen LogP contribution in [0.2, 0.25) is 0 Å². The Morgan fingerprint density at radius 1 is 1.25 bits per heavy atom. The minimum absolute atomic E-state index is 0.327. The zero-order chi connectivity index (χ0) is 9.52. The molecule has 0 unspecified atom stereocenters. The Morgan fingerprint density at radius 2 is 1.58 bits per heavy atom. The van der Waals surface area contributed by atoms with Crippen molar-refractivity contribution in [3.05, 3.63) is 0 Å². The number of carboxylic acids is 2. The first-order valence-electron chi connectivity index (χ1n) is 3.15. The topological polar surface area (TPSA) is 74.6 Å². The van der Waals surface area contributed by atoms with Crippen LogP contribution in [-0.4, -0.2) is 31.8 Å². The first-order chi connectivity index (χ1) is 5.45. The van der Waals surface area contributed by atoms with Gasteiger partial charge in [0, 0.05) is 5.33 Å². The van der Waals surface area contributed by atoms with Crippen LogP contribution < -0.4 is 0 Å². The lowest BCUT2D eigenvalue weighted by Gasteiger charge is -1.99. The van der Waals surface area contributed by atoms with Gasteiger partial charge in [-0.2, -0.15) is 0 Å². The van der Waals surface area contributed by atoms with Crippen molar-refractivity contribution in [1.29, 1.82) is 0 Å². The van der Waals surface area contributed by atoms with E-state index in [-0.39, 0.29) is 0 Å². The SMILES string of the molecule is O=C(O)[C@H]1[C@H](C(=O)O)C1(Br)CBr. The molecule has 0 saturated heterocycles. The van der Waals surface area contributed by atoms with Gasteiger partial charge < -0.3 is 10.2 Å². The van der Waals surface area contributed by atoms with Crippen molar-refractivity contribution in [1.82, 2.24) is 0 Å². The summed E-state index contributed by atoms with van der Waals surface area (Å²) in [5, 5.41) is 17.6. The number of hydrogen-bond donors (Lipinski definition) is 2. The van der Waals surface area contributed by atoms with Crippen molar-refractivity contribution >= 4 is 43.8 Å². The molecule has 0 amide bonds. The van der Waals surface area contributed by atoms with Crippen LogP contribution in [0.3, 0.4) is 0 Å². The molecular formula is C6H6Br2O4. The van der Waals surface area contributed by atoms with Crippen LogP contribution >= 0.6 is 31.9 Å². The molecule has 4 nitrogen and oxygen atoms in total. The van der Waals surface area contributed by atoms with Crippen LogP contribution in [-0.2, 0) is 9.59 Å². The van der Waals surface area contributed by atoms with Gasteiger partial charge in [0.15, 0.2) is 0 Å². The maximum atomic E-state index is 10.5. The second-order valence-electron chi connectivity index (χ2n) is 2.69. The molecule has 0 heterocycles. The van der Waals surface area contributed by atoms with Crippen molar-refractivity contribution in [2.24, 2.45) is 11.8 Å². The molecule has 1 aliphatic carbocycles. The molecular weight excluding hydrogens is 296 g/mol. The summed E-state index contributed by atoms with van der Waals surface area (Å²) in [7, 11) is 0. The van der Waals surface area contributed by atoms with Crippen LogP contribution in [0.1, 0.15) is 0 Å². The Hall–Kier alpha value is -0.100. The zero-order valence-electron chi connectivity index (χ0n) is 5.83. The van der Waals surface area contributed by atoms with Gasteiger partial charge in [-0.25, -0.2) is 0 Å². The summed E-state index contributed by atoms with van der Waals surface area (Å²) in [6.07, 6.45) is 0. The molecule has 1 fully saturated rings. The van der Waals surface area contributed by atoms with Crippen molar-refractivity contribution in [3.8, 4) is 0 Å². The summed E-state index contributed by atoms with van der Waals surface area (Å²) in [5.74, 6) is -3.79. The lowest BCUT2D eigenvalue weighted by Crippen LogP contribution is -2.11. The van der Waals surface area contributed by atoms with Gasteiger partial charge in [-0.05, 0) is 0 Å². The number of carboxylic acid groups (broad SMARTS) is 2. The summed E-state index contributed by atoms with van der Waals surface area (Å²) in [6, 6.07) is 0. The van der Waals surface area contributed by atoms with E-state index in [4.69, 9.17) is 10.2 Å². The first-order valence-corrected chi connectivity index (χ1v) is 5.07. The maximum absolute atomic E-state index is 10.5. The van der Waals surface area contributed by atoms with Gasteiger partial charge >= 0.3 is 11.9 Å². The van der Waals surface area contributed by atoms with Crippen LogP contribution in [0.5, 0.6) is 0 Å². The molecule has 1 saturated carbocycles. The number of rotatable bonds is 3. The average molecular weight is 302 g/mol. The Kier molecular flexibility index (Phi) is 2.49. The van der Waals surface area contributed by atoms with E-state index in [1.54, 1.807) is 0 Å². The average Bonchev–Trinajstić information content (AvgIpc) is 2.58. The summed E-state index contributed by atoms with van der Waals surface area (Å²) in [4.78, 5) is 21.1. The molecule has 0 radical (unpaired) electrons. The largest absolute Gasteiger partial charge is 0.481 e. The Labute approximate surface area is 85.2 Å². The molecule has 6 heteroatoms. The molecule has 0 bridgehead atoms. The fourth-order valence-corrected chi connectivity index (χ4v) is 2.76. The van der Waals surface area contributed by atoms with Gasteiger partial charge in [-0.3, -0.25) is 9.59 Å². The highest BCUT2D eigenvalue weighted by Crippen LogP contribution is 2.58. The van der Waals surface area contributed by atoms with Crippen LogP contribution in [0.4, 0.5) is 0 Å². The lowest BCUT2D eigenvalue weighted by molar-refractivity contribution is -0.144. The number of carbonyl (C=O) groups is 2. The second-order valence-corrected chi connectivity index (χ2v) is 4.73. The predicted octanol–water partition coefficient (Wildman–Crippen LogP) is 0.930. The summed E-state index contributed by atoms with van der Waals surface area (Å²) in [6.45, 7) is 0. The van der Waals surface area contributed by atoms with Gasteiger partial charge in [-0.15, -0.1) is 0 Å². The molecule has 0 aliphatic heterocycles. The van der Waals surface area contributed by atoms with Gasteiger partial charge in [0.2, 0.25) is 0 Å². The van der Waals surface area contributed by atoms with E-state index >= 15 is 0 Å². The molecule has 2 atom stereocenters. The summed E-state index contributed by atoms with van der Waals surface area (Å²) in [5.41, 5.74) is 0. The van der Waals surface area contributed by atoms with E-state index < -0.39 is 28.1 Å². The monoisotopic (exact) mass is 300 g/mol. The third kappa shape index (κ3) is 1.26. The first kappa shape index (κ1) is 9.98. The molecule has 0 aromatic heterocycles. The number of aliphatic carboxylic acids is 2. The third-order valence-electron chi connectivity index (χ3n) is 2.00. The van der Waals surface area contributed by atoms with E-state index in [0.717, 1.165) is 0 Å². The molecule has 0 aromatic rings. The van der Waals surface area contributed by atoms with Crippen molar-refractivity contribution in [3.63, 3.8) is 0 Å². The second kappa shape index (κ2) is 2.99. The van der Waals surface area contributed by atoms with E-state index in [1.165, 1.54) is 0 Å². The third-order valence-corrected chi connectivity index (χ3v) is 4.94. The molecule has 12 heavy (non-hydrogen) atoms. The molecule has 1 rings (SSSR count). The normalized spacial score (nSPS) is 39.2. The highest BCUT2D eigenvalue weighted by molar-refractivity contribution is 9.12. The predicted molar refractivity (Wildman–Crippen MR) is 47.7 cm³/mol. The molecule has 1 aliphatic rings. The van der Waals surface area contributed by atoms with Gasteiger partial charge in [-0.1, -0.05) is 31.9 Å². The van der Waals surface area contributed by atoms with E-state index in [1.807, 2.05) is 0 Å². The van der Waals surface area contributed by atoms with E-state index in [2.05, 4.69) is 31.9 Å². The zero-order valence-corrected chi connectivity index (χ0v) is 9.00. The van der Waals surface area contributed by atoms with Crippen LogP contribution in [0, 0.1) is 11.8 Å². The standard InChI is InChI=1S/C6H6Br2O4/c7-1-6(8)2(4(9)10)3(6)5(11)12/h2-3H,1H2,(H,9,10)(H,11,12)/t2-,3-/m1/s1. The van der Waals surface area contributed by atoms with Gasteiger partial charge in [0.25, 0.3) is 0 Å². The molecule has 2 N–H and O–H groups in total. The quantitative estimate of drug-likeness (QED) is 0.761. The van der Waals surface area contributed by atoms with Crippen molar-refractivity contribution in [2.75, 3.05) is 5.33 Å². The van der Waals surface area contributed by atoms with Crippen molar-refractivity contribution < 1.29 is 19.8 Å². The number of hydrogen-bond acceptors (Lipinski definition) is 2. The molecule has 0 aromatic carbocycles. The highest BCUT2D eigenvalue weighted by atomic mass is 79.9. The smallest absolute Gasteiger partial charge is 0.308 e. The lowest BCUT2D eigenvalue weighted by atomic mass is 10.3. The summed E-state index contributed by atoms with van der Waals surface area (Å²) < 4.78 is -0.801. The summed E-state index contributed by atoms with van der Waals surface area (Å²) >= 11 is 6.19. The van der Waals surface area contributed by atoms with Crippen LogP contribution in [0.25, 0.3) is 0 Å². The van der Waals surface area contributed by atoms with E-state index in [0.29, 0.717) is 5.33 Å². The minimum atomic E-state index is -1.07. The number of alkyl halides is 2.